The van der Waals surface area contributed by atoms with Crippen LogP contribution in [-0.4, -0.2) is 14.7 Å². The maximum absolute atomic E-state index is 12.0. The molecule has 1 amide bonds. The Balaban J connectivity index is 2.87. The van der Waals surface area contributed by atoms with E-state index in [1.54, 1.807) is 0 Å². The average Bonchev–Trinajstić information content (AvgIpc) is 2.88. The highest BCUT2D eigenvalue weighted by Gasteiger charge is 2.25. The van der Waals surface area contributed by atoms with Crippen LogP contribution in [0.4, 0.5) is 0 Å². The average molecular weight is 298 g/mol. The molecule has 0 bridgehead atoms. The molecule has 111 valence electrons. The van der Waals surface area contributed by atoms with Gasteiger partial charge in [0, 0.05) is 0 Å². The first-order chi connectivity index (χ1) is 9.77. The summed E-state index contributed by atoms with van der Waals surface area (Å²) in [6, 6.07) is 0. The first-order valence-electron chi connectivity index (χ1n) is 7.53. The second kappa shape index (κ2) is 5.64. The van der Waals surface area contributed by atoms with E-state index in [-0.39, 0.29) is 0 Å². The number of rotatable bonds is 3. The van der Waals surface area contributed by atoms with Crippen LogP contribution in [0.5, 0.6) is 0 Å². The second-order valence-electron chi connectivity index (χ2n) is 6.27. The summed E-state index contributed by atoms with van der Waals surface area (Å²) < 4.78 is 0. The largest absolute Gasteiger partial charge is 0.270 e. The van der Waals surface area contributed by atoms with Gasteiger partial charge in [0.2, 0.25) is 0 Å². The van der Waals surface area contributed by atoms with E-state index in [0.29, 0.717) is 5.56 Å². The predicted molar refractivity (Wildman–Crippen MR) is 92.4 cm³/mol. The van der Waals surface area contributed by atoms with Crippen LogP contribution in [0.2, 0.25) is 13.1 Å². The topological polar surface area (TPSA) is 40.9 Å². The lowest BCUT2D eigenvalue weighted by Gasteiger charge is -2.21. The van der Waals surface area contributed by atoms with Gasteiger partial charge in [0.25, 0.3) is 5.91 Å². The fourth-order valence-electron chi connectivity index (χ4n) is 3.28. The molecule has 2 nitrogen and oxygen atoms in total. The molecule has 0 unspecified atom stereocenters. The molecule has 0 fully saturated rings. The molecule has 0 aliphatic heterocycles. The van der Waals surface area contributed by atoms with Crippen LogP contribution in [0, 0.1) is 27.7 Å². The molecule has 0 atom stereocenters. The fourth-order valence-corrected chi connectivity index (χ4v) is 4.76. The van der Waals surface area contributed by atoms with Crippen molar-refractivity contribution in [3.8, 4) is 0 Å². The van der Waals surface area contributed by atoms with Crippen LogP contribution < -0.4 is 5.73 Å². The van der Waals surface area contributed by atoms with E-state index in [1.165, 1.54) is 21.9 Å². The number of carbonyl (C=O) groups is 1. The summed E-state index contributed by atoms with van der Waals surface area (Å²) >= 11 is 0. The Morgan fingerprint density at radius 2 is 1.62 bits per heavy atom. The Morgan fingerprint density at radius 1 is 1.05 bits per heavy atom. The van der Waals surface area contributed by atoms with E-state index in [4.69, 9.17) is 5.73 Å². The van der Waals surface area contributed by atoms with Gasteiger partial charge >= 0.3 is 0 Å². The molecule has 21 heavy (non-hydrogen) atoms. The molecule has 0 saturated heterocycles. The smallest absolute Gasteiger partial charge is 0.267 e. The number of amides is 1. The molecule has 0 spiro atoms. The van der Waals surface area contributed by atoms with Gasteiger partial charge in [-0.1, -0.05) is 30.4 Å². The summed E-state index contributed by atoms with van der Waals surface area (Å²) in [4.78, 5) is 12.0. The molecule has 0 aromatic heterocycles. The zero-order valence-electron chi connectivity index (χ0n) is 13.8. The van der Waals surface area contributed by atoms with E-state index in [0.717, 1.165) is 23.1 Å². The highest BCUT2D eigenvalue weighted by atomic mass is 28.3. The lowest BCUT2D eigenvalue weighted by Crippen LogP contribution is -2.13. The van der Waals surface area contributed by atoms with E-state index >= 15 is 0 Å². The van der Waals surface area contributed by atoms with Crippen LogP contribution in [-0.2, 0) is 0 Å². The molecule has 1 N–H and O–H groups in total. The minimum Gasteiger partial charge on any atom is -0.267 e. The third-order valence-electron chi connectivity index (χ3n) is 4.81. The summed E-state index contributed by atoms with van der Waals surface area (Å²) in [5.74, 6) is -0.558. The molecule has 1 radical (unpaired) electrons. The van der Waals surface area contributed by atoms with Crippen LogP contribution in [0.1, 0.15) is 44.6 Å². The molecule has 0 saturated carbocycles. The molecule has 1 aromatic rings. The molecular weight excluding hydrogens is 274 g/mol. The number of benzene rings is 1. The summed E-state index contributed by atoms with van der Waals surface area (Å²) in [6.45, 7) is 12.9. The molecule has 0 heterocycles. The third kappa shape index (κ3) is 2.51. The number of nitrogens with one attached hydrogen (secondary N) is 1. The van der Waals surface area contributed by atoms with Gasteiger partial charge in [-0.15, -0.1) is 0 Å². The summed E-state index contributed by atoms with van der Waals surface area (Å²) in [6.07, 6.45) is 5.32. The van der Waals surface area contributed by atoms with Crippen molar-refractivity contribution in [2.75, 3.05) is 0 Å². The van der Waals surface area contributed by atoms with Crippen LogP contribution in [0.15, 0.2) is 17.3 Å². The zero-order chi connectivity index (χ0) is 15.9. The quantitative estimate of drug-likeness (QED) is 0.775. The van der Waals surface area contributed by atoms with Crippen molar-refractivity contribution >= 4 is 20.3 Å². The minimum atomic E-state index is -0.947. The molecule has 2 rings (SSSR count). The van der Waals surface area contributed by atoms with Crippen molar-refractivity contribution in [2.24, 2.45) is 0 Å². The van der Waals surface area contributed by atoms with Gasteiger partial charge in [0.15, 0.2) is 0 Å². The van der Waals surface area contributed by atoms with Crippen molar-refractivity contribution in [1.82, 2.24) is 5.73 Å². The van der Waals surface area contributed by atoms with Gasteiger partial charge in [0.05, 0.1) is 14.4 Å². The van der Waals surface area contributed by atoms with Gasteiger partial charge in [-0.05, 0) is 67.5 Å². The Labute approximate surface area is 129 Å². The van der Waals surface area contributed by atoms with Gasteiger partial charge in [-0.25, -0.2) is 0 Å². The first-order valence-corrected chi connectivity index (χ1v) is 10.4. The zero-order valence-corrected chi connectivity index (χ0v) is 15.0. The molecule has 1 aliphatic rings. The summed E-state index contributed by atoms with van der Waals surface area (Å²) in [5.41, 5.74) is 15.2. The molecule has 3 heteroatoms. The van der Waals surface area contributed by atoms with Crippen LogP contribution in [0.25, 0.3) is 5.57 Å². The van der Waals surface area contributed by atoms with E-state index in [1.807, 2.05) is 13.8 Å². The van der Waals surface area contributed by atoms with E-state index < -0.39 is 14.7 Å². The molecule has 1 aliphatic carbocycles. The van der Waals surface area contributed by atoms with E-state index in [2.05, 4.69) is 39.1 Å². The summed E-state index contributed by atoms with van der Waals surface area (Å²) in [5, 5.41) is 1.43. The van der Waals surface area contributed by atoms with E-state index in [9.17, 15) is 4.79 Å². The Morgan fingerprint density at radius 3 is 2.14 bits per heavy atom. The van der Waals surface area contributed by atoms with Gasteiger partial charge in [-0.3, -0.25) is 10.5 Å². The Kier molecular flexibility index (Phi) is 4.24. The normalized spacial score (nSPS) is 14.4. The highest BCUT2D eigenvalue weighted by Crippen LogP contribution is 2.38. The number of hydrogen-bond acceptors (Lipinski definition) is 1. The lowest BCUT2D eigenvalue weighted by atomic mass is 9.85. The SMILES string of the molecule is Cc1c(C)c(C)c(C2=C([SiH](C)C)C=CC2)c(C([NH])=O)c1C. The monoisotopic (exact) mass is 298 g/mol. The van der Waals surface area contributed by atoms with Crippen molar-refractivity contribution in [2.45, 2.75) is 47.2 Å². The first kappa shape index (κ1) is 15.8. The Bertz CT molecular complexity index is 681. The standard InChI is InChI=1S/C18H24NOSi/c1-10-11(2)13(4)17(18(19)20)16(12(10)3)14-8-7-9-15(14)21(5)6/h7,9,19,21H,8H2,1-6H3. The minimum absolute atomic E-state index is 0.558. The Hall–Kier alpha value is -1.61. The second-order valence-corrected chi connectivity index (χ2v) is 9.21. The summed E-state index contributed by atoms with van der Waals surface area (Å²) in [7, 11) is -0.947. The van der Waals surface area contributed by atoms with Crippen molar-refractivity contribution in [3.05, 3.63) is 50.7 Å². The van der Waals surface area contributed by atoms with Crippen molar-refractivity contribution in [3.63, 3.8) is 0 Å². The number of carbonyl (C=O) groups excluding carboxylic acids is 1. The van der Waals surface area contributed by atoms with Gasteiger partial charge in [-0.2, -0.15) is 0 Å². The molecular formula is C18H24NOSi. The maximum atomic E-state index is 12.0. The highest BCUT2D eigenvalue weighted by molar-refractivity contribution is 6.66. The lowest BCUT2D eigenvalue weighted by molar-refractivity contribution is 0.0991. The molecule has 1 aromatic carbocycles. The van der Waals surface area contributed by atoms with Gasteiger partial charge in [0.1, 0.15) is 0 Å². The maximum Gasteiger partial charge on any atom is 0.270 e. The number of allylic oxidation sites excluding steroid dienone is 4. The van der Waals surface area contributed by atoms with Crippen LogP contribution in [0.3, 0.4) is 0 Å². The predicted octanol–water partition coefficient (Wildman–Crippen LogP) is 4.08. The van der Waals surface area contributed by atoms with Crippen molar-refractivity contribution < 1.29 is 4.79 Å². The third-order valence-corrected chi connectivity index (χ3v) is 6.59. The van der Waals surface area contributed by atoms with Crippen molar-refractivity contribution in [1.29, 1.82) is 0 Å². The number of hydrogen-bond donors (Lipinski definition) is 0. The van der Waals surface area contributed by atoms with Gasteiger partial charge < -0.3 is 0 Å². The fraction of sp³-hybridized carbons (Fsp3) is 0.389. The van der Waals surface area contributed by atoms with Crippen LogP contribution >= 0.6 is 0 Å².